The van der Waals surface area contributed by atoms with Gasteiger partial charge in [-0.05, 0) is 36.6 Å². The van der Waals surface area contributed by atoms with Crippen molar-refractivity contribution < 1.29 is 4.79 Å². The Morgan fingerprint density at radius 2 is 2.23 bits per heavy atom. The molecular formula is C17H22N4O. The lowest BCUT2D eigenvalue weighted by molar-refractivity contribution is -0.133. The summed E-state index contributed by atoms with van der Waals surface area (Å²) >= 11 is 0. The van der Waals surface area contributed by atoms with Gasteiger partial charge in [0.05, 0.1) is 6.04 Å². The van der Waals surface area contributed by atoms with Gasteiger partial charge in [-0.2, -0.15) is 5.10 Å². The second-order valence-corrected chi connectivity index (χ2v) is 5.94. The third kappa shape index (κ3) is 2.98. The van der Waals surface area contributed by atoms with E-state index in [0.29, 0.717) is 6.54 Å². The molecule has 5 heteroatoms. The quantitative estimate of drug-likeness (QED) is 0.870. The van der Waals surface area contributed by atoms with Gasteiger partial charge in [0, 0.05) is 38.7 Å². The normalized spacial score (nSPS) is 17.7. The Kier molecular flexibility index (Phi) is 4.13. The Morgan fingerprint density at radius 3 is 2.95 bits per heavy atom. The topological polar surface area (TPSA) is 41.4 Å². The number of anilines is 1. The average Bonchev–Trinajstić information content (AvgIpc) is 3.18. The zero-order chi connectivity index (χ0) is 15.5. The van der Waals surface area contributed by atoms with Crippen LogP contribution < -0.4 is 4.90 Å². The van der Waals surface area contributed by atoms with Gasteiger partial charge in [0.15, 0.2) is 0 Å². The molecule has 2 heterocycles. The minimum atomic E-state index is 0.140. The summed E-state index contributed by atoms with van der Waals surface area (Å²) in [6, 6.07) is 10.5. The molecule has 1 fully saturated rings. The molecule has 5 nitrogen and oxygen atoms in total. The summed E-state index contributed by atoms with van der Waals surface area (Å²) in [4.78, 5) is 16.7. The van der Waals surface area contributed by atoms with Gasteiger partial charge >= 0.3 is 0 Å². The van der Waals surface area contributed by atoms with Crippen LogP contribution in [-0.2, 0) is 11.3 Å². The summed E-state index contributed by atoms with van der Waals surface area (Å²) in [7, 11) is 4.07. The number of nitrogens with zero attached hydrogens (tertiary/aromatic N) is 4. The molecule has 0 N–H and O–H groups in total. The lowest BCUT2D eigenvalue weighted by atomic mass is 10.0. The minimum Gasteiger partial charge on any atom is -0.378 e. The van der Waals surface area contributed by atoms with E-state index in [4.69, 9.17) is 0 Å². The standard InChI is InChI=1S/C17H22N4O/c1-19(2)15-7-3-6-14(12-15)16-8-4-11-21(16)17(22)13-20-10-5-9-18-20/h3,5-7,9-10,12,16H,4,8,11,13H2,1-2H3. The first-order valence-electron chi connectivity index (χ1n) is 7.69. The molecule has 1 aromatic heterocycles. The molecule has 1 amide bonds. The van der Waals surface area contributed by atoms with Crippen molar-refractivity contribution in [2.75, 3.05) is 25.5 Å². The van der Waals surface area contributed by atoms with Crippen molar-refractivity contribution in [2.24, 2.45) is 0 Å². The predicted octanol–water partition coefficient (Wildman–Crippen LogP) is 2.31. The van der Waals surface area contributed by atoms with Crippen LogP contribution in [0.3, 0.4) is 0 Å². The maximum Gasteiger partial charge on any atom is 0.244 e. The summed E-state index contributed by atoms with van der Waals surface area (Å²) in [5.74, 6) is 0.140. The monoisotopic (exact) mass is 298 g/mol. The van der Waals surface area contributed by atoms with Crippen LogP contribution in [0.2, 0.25) is 0 Å². The maximum atomic E-state index is 12.6. The lowest BCUT2D eigenvalue weighted by Crippen LogP contribution is -2.33. The van der Waals surface area contributed by atoms with E-state index in [1.54, 1.807) is 10.9 Å². The van der Waals surface area contributed by atoms with Gasteiger partial charge in [-0.15, -0.1) is 0 Å². The van der Waals surface area contributed by atoms with Crippen molar-refractivity contribution in [1.82, 2.24) is 14.7 Å². The Hall–Kier alpha value is -2.30. The molecule has 2 aromatic rings. The van der Waals surface area contributed by atoms with Crippen LogP contribution in [-0.4, -0.2) is 41.2 Å². The van der Waals surface area contributed by atoms with Crippen molar-refractivity contribution in [3.8, 4) is 0 Å². The second-order valence-electron chi connectivity index (χ2n) is 5.94. The van der Waals surface area contributed by atoms with Crippen molar-refractivity contribution in [3.63, 3.8) is 0 Å². The Morgan fingerprint density at radius 1 is 1.36 bits per heavy atom. The molecule has 22 heavy (non-hydrogen) atoms. The summed E-state index contributed by atoms with van der Waals surface area (Å²) in [6.07, 6.45) is 5.62. The number of hydrogen-bond donors (Lipinski definition) is 0. The van der Waals surface area contributed by atoms with Gasteiger partial charge < -0.3 is 9.80 Å². The number of carbonyl (C=O) groups is 1. The van der Waals surface area contributed by atoms with Gasteiger partial charge in [0.2, 0.25) is 5.91 Å². The molecule has 1 aliphatic rings. The minimum absolute atomic E-state index is 0.140. The van der Waals surface area contributed by atoms with E-state index >= 15 is 0 Å². The first-order chi connectivity index (χ1) is 10.6. The number of amides is 1. The fourth-order valence-corrected chi connectivity index (χ4v) is 3.05. The highest BCUT2D eigenvalue weighted by molar-refractivity contribution is 5.76. The van der Waals surface area contributed by atoms with Crippen LogP contribution in [0, 0.1) is 0 Å². The van der Waals surface area contributed by atoms with Crippen molar-refractivity contribution >= 4 is 11.6 Å². The summed E-state index contributed by atoms with van der Waals surface area (Å²) in [5, 5.41) is 4.13. The molecule has 1 unspecified atom stereocenters. The fraction of sp³-hybridized carbons (Fsp3) is 0.412. The Labute approximate surface area is 131 Å². The first-order valence-corrected chi connectivity index (χ1v) is 7.69. The first kappa shape index (κ1) is 14.6. The zero-order valence-electron chi connectivity index (χ0n) is 13.1. The molecule has 116 valence electrons. The molecule has 0 aliphatic carbocycles. The average molecular weight is 298 g/mol. The summed E-state index contributed by atoms with van der Waals surface area (Å²) < 4.78 is 1.69. The predicted molar refractivity (Wildman–Crippen MR) is 86.7 cm³/mol. The zero-order valence-corrected chi connectivity index (χ0v) is 13.1. The van der Waals surface area contributed by atoms with Crippen LogP contribution >= 0.6 is 0 Å². The van der Waals surface area contributed by atoms with Crippen LogP contribution in [0.15, 0.2) is 42.7 Å². The molecule has 1 atom stereocenters. The molecule has 0 spiro atoms. The highest BCUT2D eigenvalue weighted by Gasteiger charge is 2.30. The van der Waals surface area contributed by atoms with E-state index in [-0.39, 0.29) is 11.9 Å². The number of hydrogen-bond acceptors (Lipinski definition) is 3. The number of aromatic nitrogens is 2. The van der Waals surface area contributed by atoms with Crippen LogP contribution in [0.5, 0.6) is 0 Å². The summed E-state index contributed by atoms with van der Waals surface area (Å²) in [5.41, 5.74) is 2.39. The highest BCUT2D eigenvalue weighted by Crippen LogP contribution is 2.33. The van der Waals surface area contributed by atoms with E-state index < -0.39 is 0 Å². The van der Waals surface area contributed by atoms with Gasteiger partial charge in [0.1, 0.15) is 6.54 Å². The number of rotatable bonds is 4. The SMILES string of the molecule is CN(C)c1cccc(C2CCCN2C(=O)Cn2cccn2)c1. The molecule has 0 bridgehead atoms. The van der Waals surface area contributed by atoms with Crippen molar-refractivity contribution in [1.29, 1.82) is 0 Å². The van der Waals surface area contributed by atoms with Crippen LogP contribution in [0.4, 0.5) is 5.69 Å². The van der Waals surface area contributed by atoms with Crippen LogP contribution in [0.1, 0.15) is 24.4 Å². The molecule has 1 saturated heterocycles. The van der Waals surface area contributed by atoms with Gasteiger partial charge in [-0.3, -0.25) is 9.48 Å². The molecule has 0 radical (unpaired) electrons. The Balaban J connectivity index is 1.78. The molecule has 0 saturated carbocycles. The van der Waals surface area contributed by atoms with E-state index in [9.17, 15) is 4.79 Å². The van der Waals surface area contributed by atoms with E-state index in [2.05, 4.69) is 34.3 Å². The van der Waals surface area contributed by atoms with Crippen LogP contribution in [0.25, 0.3) is 0 Å². The largest absolute Gasteiger partial charge is 0.378 e. The summed E-state index contributed by atoms with van der Waals surface area (Å²) in [6.45, 7) is 1.15. The molecule has 1 aliphatic heterocycles. The van der Waals surface area contributed by atoms with Crippen molar-refractivity contribution in [2.45, 2.75) is 25.4 Å². The number of carbonyl (C=O) groups excluding carboxylic acids is 1. The lowest BCUT2D eigenvalue weighted by Gasteiger charge is -2.26. The van der Waals surface area contributed by atoms with Gasteiger partial charge in [-0.25, -0.2) is 0 Å². The fourth-order valence-electron chi connectivity index (χ4n) is 3.05. The van der Waals surface area contributed by atoms with E-state index in [1.165, 1.54) is 11.3 Å². The van der Waals surface area contributed by atoms with Gasteiger partial charge in [-0.1, -0.05) is 12.1 Å². The molecule has 3 rings (SSSR count). The van der Waals surface area contributed by atoms with E-state index in [0.717, 1.165) is 19.4 Å². The second kappa shape index (κ2) is 6.22. The highest BCUT2D eigenvalue weighted by atomic mass is 16.2. The maximum absolute atomic E-state index is 12.6. The smallest absolute Gasteiger partial charge is 0.244 e. The van der Waals surface area contributed by atoms with E-state index in [1.807, 2.05) is 31.3 Å². The van der Waals surface area contributed by atoms with Crippen molar-refractivity contribution in [3.05, 3.63) is 48.3 Å². The molecule has 1 aromatic carbocycles. The third-order valence-corrected chi connectivity index (χ3v) is 4.20. The molecular weight excluding hydrogens is 276 g/mol. The number of likely N-dealkylation sites (tertiary alicyclic amines) is 1. The third-order valence-electron chi connectivity index (χ3n) is 4.20. The Bertz CT molecular complexity index is 636. The number of benzene rings is 1. The van der Waals surface area contributed by atoms with Gasteiger partial charge in [0.25, 0.3) is 0 Å².